The third-order valence-corrected chi connectivity index (χ3v) is 3.54. The van der Waals surface area contributed by atoms with Gasteiger partial charge in [0.15, 0.2) is 0 Å². The molecular weight excluding hydrogens is 272 g/mol. The Bertz CT molecular complexity index is 579. The van der Waals surface area contributed by atoms with Crippen LogP contribution >= 0.6 is 0 Å². The van der Waals surface area contributed by atoms with Crippen LogP contribution in [0.25, 0.3) is 11.1 Å². The third kappa shape index (κ3) is 4.57. The molecule has 0 atom stereocenters. The number of nitrogens with zero attached hydrogens (tertiary/aromatic N) is 1. The van der Waals surface area contributed by atoms with Crippen LogP contribution in [0.2, 0.25) is 0 Å². The summed E-state index contributed by atoms with van der Waals surface area (Å²) in [6.07, 6.45) is 3.71. The number of ether oxygens (including phenoxy) is 1. The molecule has 2 aromatic rings. The second kappa shape index (κ2) is 7.95. The Morgan fingerprint density at radius 1 is 1.14 bits per heavy atom. The van der Waals surface area contributed by atoms with Crippen LogP contribution in [0.15, 0.2) is 42.7 Å². The molecule has 22 heavy (non-hydrogen) atoms. The van der Waals surface area contributed by atoms with Crippen molar-refractivity contribution in [2.24, 2.45) is 0 Å². The minimum Gasteiger partial charge on any atom is -0.492 e. The third-order valence-electron chi connectivity index (χ3n) is 3.54. The van der Waals surface area contributed by atoms with Crippen LogP contribution in [0, 0.1) is 0 Å². The van der Waals surface area contributed by atoms with Crippen LogP contribution < -0.4 is 10.1 Å². The number of hydrogen-bond donors (Lipinski definition) is 1. The van der Waals surface area contributed by atoms with Crippen LogP contribution in [0.5, 0.6) is 5.75 Å². The first kappa shape index (κ1) is 16.5. The van der Waals surface area contributed by atoms with Crippen molar-refractivity contribution in [3.63, 3.8) is 0 Å². The second-order valence-corrected chi connectivity index (χ2v) is 6.10. The molecule has 3 nitrogen and oxygen atoms in total. The van der Waals surface area contributed by atoms with Gasteiger partial charge in [0, 0.05) is 30.5 Å². The molecule has 0 fully saturated rings. The van der Waals surface area contributed by atoms with E-state index >= 15 is 0 Å². The van der Waals surface area contributed by atoms with E-state index in [1.165, 1.54) is 11.1 Å². The molecule has 0 spiro atoms. The Morgan fingerprint density at radius 3 is 2.59 bits per heavy atom. The van der Waals surface area contributed by atoms with Gasteiger partial charge in [-0.25, -0.2) is 0 Å². The van der Waals surface area contributed by atoms with Gasteiger partial charge in [-0.3, -0.25) is 4.98 Å². The minimum atomic E-state index is 0.465. The first-order valence-electron chi connectivity index (χ1n) is 7.98. The summed E-state index contributed by atoms with van der Waals surface area (Å²) >= 11 is 0. The molecule has 0 saturated carbocycles. The number of hydrogen-bond acceptors (Lipinski definition) is 3. The van der Waals surface area contributed by atoms with Gasteiger partial charge in [0.25, 0.3) is 0 Å². The maximum atomic E-state index is 5.87. The summed E-state index contributed by atoms with van der Waals surface area (Å²) in [5.74, 6) is 1.38. The molecule has 0 aliphatic heterocycles. The molecule has 1 heterocycles. The van der Waals surface area contributed by atoms with Crippen molar-refractivity contribution < 1.29 is 4.74 Å². The van der Waals surface area contributed by atoms with Gasteiger partial charge in [-0.1, -0.05) is 39.8 Å². The molecule has 0 aliphatic carbocycles. The molecule has 0 aliphatic rings. The van der Waals surface area contributed by atoms with Crippen molar-refractivity contribution >= 4 is 0 Å². The predicted molar refractivity (Wildman–Crippen MR) is 92.4 cm³/mol. The van der Waals surface area contributed by atoms with Gasteiger partial charge in [0.05, 0.1) is 0 Å². The highest BCUT2D eigenvalue weighted by Gasteiger charge is 2.10. The van der Waals surface area contributed by atoms with Gasteiger partial charge in [-0.2, -0.15) is 0 Å². The predicted octanol–water partition coefficient (Wildman–Crippen LogP) is 4.25. The fourth-order valence-electron chi connectivity index (χ4n) is 2.42. The van der Waals surface area contributed by atoms with Gasteiger partial charge in [0.2, 0.25) is 0 Å². The van der Waals surface area contributed by atoms with Crippen LogP contribution in [-0.2, 0) is 0 Å². The zero-order valence-corrected chi connectivity index (χ0v) is 14.0. The number of benzene rings is 1. The molecular formula is C19H26N2O. The van der Waals surface area contributed by atoms with Crippen molar-refractivity contribution in [1.82, 2.24) is 10.3 Å². The highest BCUT2D eigenvalue weighted by atomic mass is 16.5. The van der Waals surface area contributed by atoms with E-state index in [9.17, 15) is 0 Å². The lowest BCUT2D eigenvalue weighted by atomic mass is 9.93. The Kier molecular flexibility index (Phi) is 5.96. The zero-order chi connectivity index (χ0) is 15.9. The molecule has 0 saturated heterocycles. The van der Waals surface area contributed by atoms with Gasteiger partial charge < -0.3 is 10.1 Å². The number of nitrogens with one attached hydrogen (secondary N) is 1. The normalized spacial score (nSPS) is 11.2. The average Bonchev–Trinajstić information content (AvgIpc) is 2.52. The maximum Gasteiger partial charge on any atom is 0.120 e. The van der Waals surface area contributed by atoms with Gasteiger partial charge in [0.1, 0.15) is 12.4 Å². The Hall–Kier alpha value is -1.87. The standard InChI is InChI=1S/C19H26N2O/c1-14(2)18-8-7-17(22-11-10-21-15(3)4)12-19(18)16-6-5-9-20-13-16/h5-9,12-15,21H,10-11H2,1-4H3. The largest absolute Gasteiger partial charge is 0.492 e. The molecule has 3 heteroatoms. The topological polar surface area (TPSA) is 34.1 Å². The molecule has 0 radical (unpaired) electrons. The van der Waals surface area contributed by atoms with Crippen molar-refractivity contribution in [3.8, 4) is 16.9 Å². The summed E-state index contributed by atoms with van der Waals surface area (Å²) in [6, 6.07) is 10.9. The van der Waals surface area contributed by atoms with Gasteiger partial charge >= 0.3 is 0 Å². The Morgan fingerprint density at radius 2 is 1.95 bits per heavy atom. The lowest BCUT2D eigenvalue weighted by Gasteiger charge is -2.16. The van der Waals surface area contributed by atoms with Crippen molar-refractivity contribution in [2.45, 2.75) is 39.7 Å². The van der Waals surface area contributed by atoms with E-state index in [1.54, 1.807) is 6.20 Å². The van der Waals surface area contributed by atoms with E-state index in [-0.39, 0.29) is 0 Å². The van der Waals surface area contributed by atoms with Crippen molar-refractivity contribution in [3.05, 3.63) is 48.3 Å². The lowest BCUT2D eigenvalue weighted by molar-refractivity contribution is 0.309. The highest BCUT2D eigenvalue weighted by Crippen LogP contribution is 2.32. The first-order chi connectivity index (χ1) is 10.6. The Balaban J connectivity index is 2.17. The number of rotatable bonds is 7. The molecule has 1 N–H and O–H groups in total. The van der Waals surface area contributed by atoms with E-state index in [4.69, 9.17) is 4.74 Å². The molecule has 0 amide bonds. The highest BCUT2D eigenvalue weighted by molar-refractivity contribution is 5.69. The molecule has 118 valence electrons. The second-order valence-electron chi connectivity index (χ2n) is 6.10. The van der Waals surface area contributed by atoms with E-state index in [0.717, 1.165) is 17.9 Å². The molecule has 2 rings (SSSR count). The summed E-state index contributed by atoms with van der Waals surface area (Å²) in [5, 5.41) is 3.36. The van der Waals surface area contributed by atoms with Crippen LogP contribution in [0.4, 0.5) is 0 Å². The summed E-state index contributed by atoms with van der Waals surface area (Å²) < 4.78 is 5.87. The van der Waals surface area contributed by atoms with Crippen LogP contribution in [0.3, 0.4) is 0 Å². The maximum absolute atomic E-state index is 5.87. The fourth-order valence-corrected chi connectivity index (χ4v) is 2.42. The summed E-state index contributed by atoms with van der Waals surface area (Å²) in [7, 11) is 0. The van der Waals surface area contributed by atoms with E-state index < -0.39 is 0 Å². The minimum absolute atomic E-state index is 0.465. The quantitative estimate of drug-likeness (QED) is 0.776. The average molecular weight is 298 g/mol. The summed E-state index contributed by atoms with van der Waals surface area (Å²) in [4.78, 5) is 4.24. The van der Waals surface area contributed by atoms with E-state index in [1.807, 2.05) is 12.3 Å². The van der Waals surface area contributed by atoms with Crippen LogP contribution in [-0.4, -0.2) is 24.2 Å². The monoisotopic (exact) mass is 298 g/mol. The van der Waals surface area contributed by atoms with Gasteiger partial charge in [-0.05, 0) is 35.2 Å². The zero-order valence-electron chi connectivity index (χ0n) is 14.0. The molecule has 0 bridgehead atoms. The summed E-state index contributed by atoms with van der Waals surface area (Å²) in [5.41, 5.74) is 3.66. The summed E-state index contributed by atoms with van der Waals surface area (Å²) in [6.45, 7) is 10.2. The number of aromatic nitrogens is 1. The Labute approximate surface area is 133 Å². The van der Waals surface area contributed by atoms with Crippen molar-refractivity contribution in [2.75, 3.05) is 13.2 Å². The lowest BCUT2D eigenvalue weighted by Crippen LogP contribution is -2.27. The number of pyridine rings is 1. The van der Waals surface area contributed by atoms with Crippen molar-refractivity contribution in [1.29, 1.82) is 0 Å². The molecule has 1 aromatic heterocycles. The van der Waals surface area contributed by atoms with E-state index in [0.29, 0.717) is 18.6 Å². The SMILES string of the molecule is CC(C)NCCOc1ccc(C(C)C)c(-c2cccnc2)c1. The molecule has 1 aromatic carbocycles. The fraction of sp³-hybridized carbons (Fsp3) is 0.421. The smallest absolute Gasteiger partial charge is 0.120 e. The van der Waals surface area contributed by atoms with E-state index in [2.05, 4.69) is 62.3 Å². The van der Waals surface area contributed by atoms with Crippen LogP contribution in [0.1, 0.15) is 39.2 Å². The van der Waals surface area contributed by atoms with Gasteiger partial charge in [-0.15, -0.1) is 0 Å². The first-order valence-corrected chi connectivity index (χ1v) is 7.98. The molecule has 0 unspecified atom stereocenters.